The van der Waals surface area contributed by atoms with E-state index in [9.17, 15) is 19.8 Å². The van der Waals surface area contributed by atoms with Crippen LogP contribution in [-0.4, -0.2) is 63.4 Å². The molecule has 2 aromatic rings. The molecule has 206 valence electrons. The summed E-state index contributed by atoms with van der Waals surface area (Å²) in [7, 11) is 0. The number of morpholine rings is 1. The Morgan fingerprint density at radius 3 is 2.61 bits per heavy atom. The van der Waals surface area contributed by atoms with Gasteiger partial charge in [-0.1, -0.05) is 43.3 Å². The number of nitrogens with one attached hydrogen (secondary N) is 2. The van der Waals surface area contributed by atoms with Crippen LogP contribution in [0.5, 0.6) is 5.75 Å². The van der Waals surface area contributed by atoms with Crippen molar-refractivity contribution in [2.75, 3.05) is 6.61 Å². The number of ether oxygens (including phenoxy) is 2. The maximum Gasteiger partial charge on any atom is 0.325 e. The summed E-state index contributed by atoms with van der Waals surface area (Å²) in [6.45, 7) is 4.63. The molecule has 0 spiro atoms. The van der Waals surface area contributed by atoms with Crippen molar-refractivity contribution in [3.05, 3.63) is 65.2 Å². The predicted molar refractivity (Wildman–Crippen MR) is 143 cm³/mol. The number of halogens is 1. The monoisotopic (exact) mass is 545 g/mol. The Hall–Kier alpha value is -2.69. The van der Waals surface area contributed by atoms with Crippen LogP contribution in [0.1, 0.15) is 61.0 Å². The molecule has 5 rings (SSSR count). The molecule has 0 saturated carbocycles. The summed E-state index contributed by atoms with van der Waals surface area (Å²) in [5, 5.41) is 29.2. The summed E-state index contributed by atoms with van der Waals surface area (Å²) in [5.41, 5.74) is 1.31. The molecule has 10 heteroatoms. The zero-order chi connectivity index (χ0) is 26.2. The number of hydrogen-bond donors (Lipinski definition) is 4. The highest BCUT2D eigenvalue weighted by Gasteiger charge is 2.67. The SMILES string of the molecule is CCOc1ccccc1C(=O)NC(=O)N1C2CCC[C@]1(CC)C(O)(C1Cc3ccccc3CN1)OC2O.Cl. The molecular formula is C28H36ClN3O6. The van der Waals surface area contributed by atoms with Crippen LogP contribution in [0, 0.1) is 0 Å². The molecule has 4 unspecified atom stereocenters. The molecule has 0 aromatic heterocycles. The molecule has 2 saturated heterocycles. The van der Waals surface area contributed by atoms with Crippen LogP contribution in [0.15, 0.2) is 48.5 Å². The lowest BCUT2D eigenvalue weighted by Crippen LogP contribution is -2.82. The fourth-order valence-electron chi connectivity index (χ4n) is 6.41. The molecule has 3 heterocycles. The van der Waals surface area contributed by atoms with Gasteiger partial charge in [0.25, 0.3) is 5.91 Å². The van der Waals surface area contributed by atoms with E-state index < -0.39 is 41.6 Å². The Bertz CT molecular complexity index is 1180. The minimum atomic E-state index is -1.88. The Morgan fingerprint density at radius 1 is 1.16 bits per heavy atom. The minimum Gasteiger partial charge on any atom is -0.493 e. The molecule has 2 aromatic carbocycles. The van der Waals surface area contributed by atoms with E-state index >= 15 is 0 Å². The lowest BCUT2D eigenvalue weighted by atomic mass is 9.69. The number of aliphatic hydroxyl groups excluding tert-OH is 1. The van der Waals surface area contributed by atoms with Crippen molar-refractivity contribution in [1.82, 2.24) is 15.5 Å². The highest BCUT2D eigenvalue weighted by atomic mass is 35.5. The first-order valence-electron chi connectivity index (χ1n) is 13.1. The molecular weight excluding hydrogens is 510 g/mol. The van der Waals surface area contributed by atoms with Gasteiger partial charge in [-0.15, -0.1) is 12.4 Å². The van der Waals surface area contributed by atoms with Crippen LogP contribution in [0.4, 0.5) is 4.79 Å². The molecule has 2 fully saturated rings. The molecule has 3 aliphatic rings. The van der Waals surface area contributed by atoms with Gasteiger partial charge in [0, 0.05) is 6.54 Å². The van der Waals surface area contributed by atoms with Crippen molar-refractivity contribution in [2.24, 2.45) is 0 Å². The van der Waals surface area contributed by atoms with Crippen molar-refractivity contribution in [2.45, 2.75) is 82.2 Å². The van der Waals surface area contributed by atoms with E-state index in [0.29, 0.717) is 51.0 Å². The van der Waals surface area contributed by atoms with Gasteiger partial charge in [0.15, 0.2) is 6.29 Å². The summed E-state index contributed by atoms with van der Waals surface area (Å²) >= 11 is 0. The van der Waals surface area contributed by atoms with E-state index in [1.54, 1.807) is 24.3 Å². The van der Waals surface area contributed by atoms with Gasteiger partial charge < -0.3 is 29.9 Å². The molecule has 0 radical (unpaired) electrons. The predicted octanol–water partition coefficient (Wildman–Crippen LogP) is 3.11. The number of imide groups is 1. The fraction of sp³-hybridized carbons (Fsp3) is 0.500. The molecule has 3 amide bonds. The number of aliphatic hydroxyl groups is 2. The number of piperidine rings is 1. The van der Waals surface area contributed by atoms with Crippen LogP contribution >= 0.6 is 12.4 Å². The van der Waals surface area contributed by atoms with Gasteiger partial charge in [0.05, 0.1) is 24.3 Å². The number of urea groups is 1. The normalized spacial score (nSPS) is 30.0. The zero-order valence-corrected chi connectivity index (χ0v) is 22.5. The molecule has 9 nitrogen and oxygen atoms in total. The second-order valence-electron chi connectivity index (χ2n) is 10.0. The Kier molecular flexibility index (Phi) is 8.34. The Labute approximate surface area is 228 Å². The third-order valence-electron chi connectivity index (χ3n) is 8.19. The van der Waals surface area contributed by atoms with E-state index in [1.807, 2.05) is 38.1 Å². The maximum absolute atomic E-state index is 13.8. The minimum absolute atomic E-state index is 0. The van der Waals surface area contributed by atoms with Gasteiger partial charge >= 0.3 is 6.03 Å². The Balaban J connectivity index is 0.00000336. The standard InChI is InChI=1S/C28H35N3O6.ClH/c1-3-27-15-9-13-21(31(27)26(34)30-24(32)20-12-7-8-14-22(20)36-4-2)25(33)37-28(27,35)23-16-18-10-5-6-11-19(18)17-29-23;/h5-8,10-12,14,21,23,25,29,33,35H,3-4,9,13,15-17H2,1-2H3,(H,30,32,34);1H/t21?,23?,25?,27-,28?;/m1./s1. The highest BCUT2D eigenvalue weighted by Crippen LogP contribution is 2.50. The smallest absolute Gasteiger partial charge is 0.325 e. The van der Waals surface area contributed by atoms with Gasteiger partial charge in [0.2, 0.25) is 5.79 Å². The van der Waals surface area contributed by atoms with Gasteiger partial charge in [-0.2, -0.15) is 0 Å². The van der Waals surface area contributed by atoms with Crippen molar-refractivity contribution >= 4 is 24.3 Å². The van der Waals surface area contributed by atoms with Gasteiger partial charge in [0.1, 0.15) is 11.3 Å². The van der Waals surface area contributed by atoms with Crippen LogP contribution < -0.4 is 15.4 Å². The first-order valence-corrected chi connectivity index (χ1v) is 13.1. The first-order chi connectivity index (χ1) is 17.8. The summed E-state index contributed by atoms with van der Waals surface area (Å²) in [4.78, 5) is 28.5. The molecule has 2 bridgehead atoms. The molecule has 3 aliphatic heterocycles. The van der Waals surface area contributed by atoms with Gasteiger partial charge in [-0.05, 0) is 62.3 Å². The van der Waals surface area contributed by atoms with Crippen LogP contribution in [0.2, 0.25) is 0 Å². The fourth-order valence-corrected chi connectivity index (χ4v) is 6.41. The zero-order valence-electron chi connectivity index (χ0n) is 21.7. The Morgan fingerprint density at radius 2 is 1.87 bits per heavy atom. The summed E-state index contributed by atoms with van der Waals surface area (Å²) < 4.78 is 11.6. The average molecular weight is 546 g/mol. The van der Waals surface area contributed by atoms with Crippen molar-refractivity contribution < 1.29 is 29.3 Å². The van der Waals surface area contributed by atoms with E-state index in [1.165, 1.54) is 4.90 Å². The number of fused-ring (bicyclic) bond motifs is 3. The van der Waals surface area contributed by atoms with Gasteiger partial charge in [-0.25, -0.2) is 4.79 Å². The number of rotatable bonds is 5. The van der Waals surface area contributed by atoms with E-state index in [-0.39, 0.29) is 18.0 Å². The highest BCUT2D eigenvalue weighted by molar-refractivity contribution is 6.06. The number of para-hydroxylation sites is 1. The second kappa shape index (κ2) is 11.2. The van der Waals surface area contributed by atoms with Crippen molar-refractivity contribution in [1.29, 1.82) is 0 Å². The summed E-state index contributed by atoms with van der Waals surface area (Å²) in [6.07, 6.45) is 1.12. The summed E-state index contributed by atoms with van der Waals surface area (Å²) in [6, 6.07) is 12.8. The number of amides is 3. The molecule has 4 N–H and O–H groups in total. The van der Waals surface area contributed by atoms with Crippen LogP contribution in [0.3, 0.4) is 0 Å². The van der Waals surface area contributed by atoms with Crippen LogP contribution in [-0.2, 0) is 17.7 Å². The van der Waals surface area contributed by atoms with E-state index in [2.05, 4.69) is 10.6 Å². The topological polar surface area (TPSA) is 120 Å². The first kappa shape index (κ1) is 28.3. The molecule has 0 aliphatic carbocycles. The number of carbonyl (C=O) groups is 2. The van der Waals surface area contributed by atoms with Crippen LogP contribution in [0.25, 0.3) is 0 Å². The van der Waals surface area contributed by atoms with Gasteiger partial charge in [-0.3, -0.25) is 10.1 Å². The molecule has 38 heavy (non-hydrogen) atoms. The second-order valence-corrected chi connectivity index (χ2v) is 10.0. The largest absolute Gasteiger partial charge is 0.493 e. The third-order valence-corrected chi connectivity index (χ3v) is 8.19. The lowest BCUT2D eigenvalue weighted by molar-refractivity contribution is -0.391. The quantitative estimate of drug-likeness (QED) is 0.455. The number of benzene rings is 2. The summed E-state index contributed by atoms with van der Waals surface area (Å²) in [5.74, 6) is -2.10. The third kappa shape index (κ3) is 4.56. The number of carbonyl (C=O) groups excluding carboxylic acids is 2. The maximum atomic E-state index is 13.8. The average Bonchev–Trinajstić information content (AvgIpc) is 2.91. The molecule has 5 atom stereocenters. The lowest BCUT2D eigenvalue weighted by Gasteiger charge is -2.64. The number of nitrogens with zero attached hydrogens (tertiary/aromatic N) is 1. The number of hydrogen-bond acceptors (Lipinski definition) is 7. The van der Waals surface area contributed by atoms with Crippen molar-refractivity contribution in [3.63, 3.8) is 0 Å². The van der Waals surface area contributed by atoms with E-state index in [4.69, 9.17) is 9.47 Å². The van der Waals surface area contributed by atoms with E-state index in [0.717, 1.165) is 11.1 Å². The van der Waals surface area contributed by atoms with Crippen molar-refractivity contribution in [3.8, 4) is 5.75 Å².